The van der Waals surface area contributed by atoms with Crippen molar-refractivity contribution in [2.24, 2.45) is 0 Å². The Hall–Kier alpha value is -1.70. The topological polar surface area (TPSA) is 83.5 Å². The van der Waals surface area contributed by atoms with E-state index in [2.05, 4.69) is 4.72 Å². The zero-order valence-electron chi connectivity index (χ0n) is 10.6. The predicted molar refractivity (Wildman–Crippen MR) is 76.5 cm³/mol. The van der Waals surface area contributed by atoms with E-state index in [1.165, 1.54) is 29.5 Å². The molecular weight excluding hydrogens is 298 g/mol. The molecule has 0 aliphatic carbocycles. The number of sulfonamides is 1. The van der Waals surface area contributed by atoms with Crippen LogP contribution in [0.3, 0.4) is 0 Å². The van der Waals surface area contributed by atoms with Gasteiger partial charge in [-0.15, -0.1) is 11.3 Å². The van der Waals surface area contributed by atoms with Crippen LogP contribution in [0, 0.1) is 0 Å². The van der Waals surface area contributed by atoms with Crippen molar-refractivity contribution in [1.29, 1.82) is 0 Å². The third kappa shape index (κ3) is 3.24. The van der Waals surface area contributed by atoms with Gasteiger partial charge in [0.2, 0.25) is 10.0 Å². The quantitative estimate of drug-likeness (QED) is 0.888. The molecule has 1 aromatic carbocycles. The molecule has 0 saturated carbocycles. The zero-order chi connectivity index (χ0) is 14.8. The Morgan fingerprint density at radius 2 is 2.05 bits per heavy atom. The first kappa shape index (κ1) is 14.7. The maximum absolute atomic E-state index is 12.2. The second-order valence-electron chi connectivity index (χ2n) is 4.19. The van der Waals surface area contributed by atoms with Crippen molar-refractivity contribution in [2.45, 2.75) is 17.9 Å². The second kappa shape index (κ2) is 5.74. The van der Waals surface area contributed by atoms with E-state index in [9.17, 15) is 13.2 Å². The lowest BCUT2D eigenvalue weighted by Gasteiger charge is -2.13. The van der Waals surface area contributed by atoms with Crippen molar-refractivity contribution >= 4 is 27.3 Å². The minimum Gasteiger partial charge on any atom is -0.478 e. The van der Waals surface area contributed by atoms with Crippen LogP contribution in [0.5, 0.6) is 0 Å². The molecule has 20 heavy (non-hydrogen) atoms. The highest BCUT2D eigenvalue weighted by atomic mass is 32.2. The molecule has 0 saturated heterocycles. The fourth-order valence-electron chi connectivity index (χ4n) is 1.69. The highest BCUT2D eigenvalue weighted by Crippen LogP contribution is 2.21. The zero-order valence-corrected chi connectivity index (χ0v) is 12.2. The normalized spacial score (nSPS) is 13.1. The third-order valence-corrected chi connectivity index (χ3v) is 5.29. The van der Waals surface area contributed by atoms with Gasteiger partial charge in [0.1, 0.15) is 0 Å². The number of aromatic carboxylic acids is 1. The van der Waals surface area contributed by atoms with Crippen molar-refractivity contribution < 1.29 is 18.3 Å². The number of nitrogens with one attached hydrogen (secondary N) is 1. The number of carbonyl (C=O) groups is 1. The van der Waals surface area contributed by atoms with E-state index in [0.717, 1.165) is 10.9 Å². The summed E-state index contributed by atoms with van der Waals surface area (Å²) < 4.78 is 27.0. The Kier molecular flexibility index (Phi) is 4.22. The van der Waals surface area contributed by atoms with E-state index in [1.807, 2.05) is 17.5 Å². The predicted octanol–water partition coefficient (Wildman–Crippen LogP) is 2.49. The number of thiophene rings is 1. The highest BCUT2D eigenvalue weighted by molar-refractivity contribution is 7.89. The van der Waals surface area contributed by atoms with Crippen molar-refractivity contribution in [1.82, 2.24) is 4.72 Å². The largest absolute Gasteiger partial charge is 0.478 e. The van der Waals surface area contributed by atoms with Gasteiger partial charge in [0.05, 0.1) is 16.5 Å². The van der Waals surface area contributed by atoms with Gasteiger partial charge in [-0.05, 0) is 36.6 Å². The van der Waals surface area contributed by atoms with E-state index in [1.54, 1.807) is 6.92 Å². The molecule has 0 aliphatic heterocycles. The van der Waals surface area contributed by atoms with Gasteiger partial charge in [0, 0.05) is 4.88 Å². The summed E-state index contributed by atoms with van der Waals surface area (Å²) in [6.45, 7) is 1.74. The summed E-state index contributed by atoms with van der Waals surface area (Å²) >= 11 is 1.45. The lowest BCUT2D eigenvalue weighted by atomic mass is 10.2. The summed E-state index contributed by atoms with van der Waals surface area (Å²) in [5.74, 6) is -1.16. The average Bonchev–Trinajstić information content (AvgIpc) is 2.92. The molecule has 0 fully saturated rings. The second-order valence-corrected chi connectivity index (χ2v) is 6.88. The molecular formula is C13H13NO4S2. The molecule has 0 radical (unpaired) electrons. The van der Waals surface area contributed by atoms with Gasteiger partial charge >= 0.3 is 5.97 Å². The standard InChI is InChI=1S/C13H13NO4S2/c1-9(12-6-3-7-19-12)14-20(17,18)11-5-2-4-10(8-11)13(15)16/h2-9,14H,1H3,(H,15,16)/t9-/m1/s1. The lowest BCUT2D eigenvalue weighted by Crippen LogP contribution is -2.26. The van der Waals surface area contributed by atoms with Gasteiger partial charge in [-0.25, -0.2) is 17.9 Å². The van der Waals surface area contributed by atoms with Crippen molar-refractivity contribution in [3.8, 4) is 0 Å². The minimum absolute atomic E-state index is 0.0548. The Morgan fingerprint density at radius 1 is 1.30 bits per heavy atom. The van der Waals surface area contributed by atoms with Crippen molar-refractivity contribution in [3.63, 3.8) is 0 Å². The van der Waals surface area contributed by atoms with Crippen molar-refractivity contribution in [2.75, 3.05) is 0 Å². The first-order valence-corrected chi connectivity index (χ1v) is 8.15. The van der Waals surface area contributed by atoms with Gasteiger partial charge in [0.15, 0.2) is 0 Å². The third-order valence-electron chi connectivity index (χ3n) is 2.69. The maximum atomic E-state index is 12.2. The van der Waals surface area contributed by atoms with Gasteiger partial charge < -0.3 is 5.11 Å². The van der Waals surface area contributed by atoms with Crippen LogP contribution >= 0.6 is 11.3 Å². The number of carboxylic acid groups (broad SMARTS) is 1. The van der Waals surface area contributed by atoms with E-state index in [-0.39, 0.29) is 16.5 Å². The van der Waals surface area contributed by atoms with E-state index in [0.29, 0.717) is 0 Å². The Bertz CT molecular complexity index is 708. The summed E-state index contributed by atoms with van der Waals surface area (Å²) in [5, 5.41) is 10.8. The fourth-order valence-corrected chi connectivity index (χ4v) is 3.77. The summed E-state index contributed by atoms with van der Waals surface area (Å²) in [7, 11) is -3.75. The SMILES string of the molecule is C[C@@H](NS(=O)(=O)c1cccc(C(=O)O)c1)c1cccs1. The first-order valence-electron chi connectivity index (χ1n) is 5.79. The molecule has 2 aromatic rings. The number of rotatable bonds is 5. The van der Waals surface area contributed by atoms with Crippen molar-refractivity contribution in [3.05, 3.63) is 52.2 Å². The van der Waals surface area contributed by atoms with Crippen LogP contribution in [-0.4, -0.2) is 19.5 Å². The van der Waals surface area contributed by atoms with E-state index in [4.69, 9.17) is 5.11 Å². The van der Waals surface area contributed by atoms with Gasteiger partial charge in [0.25, 0.3) is 0 Å². The smallest absolute Gasteiger partial charge is 0.335 e. The average molecular weight is 311 g/mol. The van der Waals surface area contributed by atoms with E-state index >= 15 is 0 Å². The minimum atomic E-state index is -3.75. The Labute approximate surface area is 120 Å². The molecule has 106 valence electrons. The molecule has 0 amide bonds. The summed E-state index contributed by atoms with van der Waals surface area (Å²) in [4.78, 5) is 11.7. The number of benzene rings is 1. The van der Waals surface area contributed by atoms with Crippen LogP contribution < -0.4 is 4.72 Å². The molecule has 2 N–H and O–H groups in total. The van der Waals surface area contributed by atoms with Gasteiger partial charge in [-0.2, -0.15) is 0 Å². The number of carboxylic acids is 1. The molecule has 1 heterocycles. The molecule has 2 rings (SSSR count). The maximum Gasteiger partial charge on any atom is 0.335 e. The van der Waals surface area contributed by atoms with Crippen LogP contribution in [0.4, 0.5) is 0 Å². The molecule has 7 heteroatoms. The highest BCUT2D eigenvalue weighted by Gasteiger charge is 2.20. The molecule has 5 nitrogen and oxygen atoms in total. The summed E-state index contributed by atoms with van der Waals surface area (Å²) in [6.07, 6.45) is 0. The molecule has 0 aliphatic rings. The monoisotopic (exact) mass is 311 g/mol. The van der Waals surface area contributed by atoms with Crippen LogP contribution in [0.15, 0.2) is 46.7 Å². The first-order chi connectivity index (χ1) is 9.40. The number of hydrogen-bond acceptors (Lipinski definition) is 4. The van der Waals surface area contributed by atoms with Gasteiger partial charge in [-0.1, -0.05) is 12.1 Å². The van der Waals surface area contributed by atoms with Crippen LogP contribution in [0.2, 0.25) is 0 Å². The van der Waals surface area contributed by atoms with Crippen LogP contribution in [-0.2, 0) is 10.0 Å². The van der Waals surface area contributed by atoms with E-state index < -0.39 is 16.0 Å². The van der Waals surface area contributed by atoms with Crippen LogP contribution in [0.25, 0.3) is 0 Å². The Balaban J connectivity index is 2.26. The van der Waals surface area contributed by atoms with Gasteiger partial charge in [-0.3, -0.25) is 0 Å². The molecule has 0 unspecified atom stereocenters. The molecule has 0 spiro atoms. The fraction of sp³-hybridized carbons (Fsp3) is 0.154. The Morgan fingerprint density at radius 3 is 2.65 bits per heavy atom. The molecule has 1 atom stereocenters. The number of hydrogen-bond donors (Lipinski definition) is 2. The van der Waals surface area contributed by atoms with Crippen LogP contribution in [0.1, 0.15) is 28.2 Å². The summed E-state index contributed by atoms with van der Waals surface area (Å²) in [6, 6.07) is 8.59. The molecule has 0 bridgehead atoms. The molecule has 1 aromatic heterocycles. The lowest BCUT2D eigenvalue weighted by molar-refractivity contribution is 0.0696. The summed E-state index contributed by atoms with van der Waals surface area (Å²) in [5.41, 5.74) is -0.0587.